The van der Waals surface area contributed by atoms with Crippen molar-refractivity contribution in [2.45, 2.75) is 59.0 Å². The summed E-state index contributed by atoms with van der Waals surface area (Å²) in [5.74, 6) is 1.36. The molecular weight excluding hydrogens is 468 g/mol. The van der Waals surface area contributed by atoms with Gasteiger partial charge < -0.3 is 30.4 Å². The van der Waals surface area contributed by atoms with Crippen LogP contribution in [0.1, 0.15) is 53.4 Å². The van der Waals surface area contributed by atoms with Crippen LogP contribution in [-0.4, -0.2) is 67.9 Å². The molecule has 0 aromatic heterocycles. The molecule has 0 atom stereocenters. The second-order valence-electron chi connectivity index (χ2n) is 10.8. The Morgan fingerprint density at radius 1 is 1.16 bits per heavy atom. The number of nitrogens with zero attached hydrogens (tertiary/aromatic N) is 1. The Hall–Kier alpha value is -3.13. The molecule has 202 valence electrons. The molecule has 3 aliphatic rings. The van der Waals surface area contributed by atoms with Crippen LogP contribution >= 0.6 is 0 Å². The van der Waals surface area contributed by atoms with Crippen LogP contribution in [0.25, 0.3) is 0 Å². The van der Waals surface area contributed by atoms with E-state index in [9.17, 15) is 9.59 Å². The zero-order valence-corrected chi connectivity index (χ0v) is 22.9. The predicted molar refractivity (Wildman–Crippen MR) is 146 cm³/mol. The van der Waals surface area contributed by atoms with Crippen molar-refractivity contribution in [3.63, 3.8) is 0 Å². The standard InChI is InChI=1S/C29H42N4O4/c1-20-24(27(34)32-14-17-36-5)10-11-26(30)25(20)19-31-18-21-12-15-33(16-13-21)28(35)22-6-8-23(9-7-22)37-29(2,3)4/h6,8,10-11,19,21,30-31H,7,9,12-18H2,1-5H3,(H,32,34)/b25-19-,30-26?. The molecule has 8 nitrogen and oxygen atoms in total. The molecule has 0 radical (unpaired) electrons. The summed E-state index contributed by atoms with van der Waals surface area (Å²) in [5.41, 5.74) is 3.08. The van der Waals surface area contributed by atoms with E-state index in [2.05, 4.69) is 10.6 Å². The first-order valence-corrected chi connectivity index (χ1v) is 13.2. The first-order chi connectivity index (χ1) is 17.6. The van der Waals surface area contributed by atoms with Crippen LogP contribution in [0, 0.1) is 11.3 Å². The van der Waals surface area contributed by atoms with Crippen molar-refractivity contribution in [3.8, 4) is 0 Å². The average Bonchev–Trinajstić information content (AvgIpc) is 2.85. The highest BCUT2D eigenvalue weighted by Gasteiger charge is 2.26. The van der Waals surface area contributed by atoms with Crippen LogP contribution in [0.2, 0.25) is 0 Å². The summed E-state index contributed by atoms with van der Waals surface area (Å²) in [7, 11) is 1.59. The van der Waals surface area contributed by atoms with Gasteiger partial charge in [-0.1, -0.05) is 6.08 Å². The normalized spacial score (nSPS) is 20.1. The minimum Gasteiger partial charge on any atom is -0.492 e. The van der Waals surface area contributed by atoms with Gasteiger partial charge >= 0.3 is 0 Å². The molecule has 0 bridgehead atoms. The summed E-state index contributed by atoms with van der Waals surface area (Å²) in [6.07, 6.45) is 12.4. The SMILES string of the molecule is COCCNC(=O)C1=C(C)/C(=C/NCC2CCN(C(=O)C3=CC=C(OC(C)(C)C)CC3)CC2)C(=N)C=C1. The van der Waals surface area contributed by atoms with E-state index in [-0.39, 0.29) is 17.4 Å². The molecule has 0 saturated carbocycles. The number of rotatable bonds is 9. The van der Waals surface area contributed by atoms with Crippen LogP contribution in [-0.2, 0) is 19.1 Å². The third kappa shape index (κ3) is 8.18. The van der Waals surface area contributed by atoms with Crippen molar-refractivity contribution in [2.24, 2.45) is 5.92 Å². The van der Waals surface area contributed by atoms with Crippen molar-refractivity contribution in [3.05, 3.63) is 58.6 Å². The van der Waals surface area contributed by atoms with Crippen molar-refractivity contribution < 1.29 is 19.1 Å². The average molecular weight is 511 g/mol. The van der Waals surface area contributed by atoms with Gasteiger partial charge in [0.1, 0.15) is 5.60 Å². The van der Waals surface area contributed by atoms with Gasteiger partial charge in [0.2, 0.25) is 5.91 Å². The number of likely N-dealkylation sites (tertiary alicyclic amines) is 1. The van der Waals surface area contributed by atoms with E-state index in [1.54, 1.807) is 19.3 Å². The van der Waals surface area contributed by atoms with Gasteiger partial charge in [-0.25, -0.2) is 0 Å². The first kappa shape index (κ1) is 28.4. The highest BCUT2D eigenvalue weighted by molar-refractivity contribution is 6.14. The van der Waals surface area contributed by atoms with E-state index >= 15 is 0 Å². The lowest BCUT2D eigenvalue weighted by Crippen LogP contribution is -2.41. The van der Waals surface area contributed by atoms with Gasteiger partial charge in [0.05, 0.1) is 18.1 Å². The molecule has 0 spiro atoms. The summed E-state index contributed by atoms with van der Waals surface area (Å²) in [6, 6.07) is 0. The third-order valence-electron chi connectivity index (χ3n) is 6.73. The van der Waals surface area contributed by atoms with Crippen LogP contribution in [0.4, 0.5) is 0 Å². The smallest absolute Gasteiger partial charge is 0.251 e. The maximum atomic E-state index is 13.0. The Morgan fingerprint density at radius 2 is 1.89 bits per heavy atom. The molecule has 1 fully saturated rings. The Balaban J connectivity index is 1.49. The summed E-state index contributed by atoms with van der Waals surface area (Å²) < 4.78 is 10.9. The number of amides is 2. The van der Waals surface area contributed by atoms with E-state index in [1.807, 2.05) is 50.9 Å². The van der Waals surface area contributed by atoms with Gasteiger partial charge in [-0.3, -0.25) is 9.59 Å². The summed E-state index contributed by atoms with van der Waals surface area (Å²) in [6.45, 7) is 11.1. The monoisotopic (exact) mass is 510 g/mol. The zero-order chi connectivity index (χ0) is 27.0. The number of allylic oxidation sites excluding steroid dienone is 6. The quantitative estimate of drug-likeness (QED) is 0.410. The minimum absolute atomic E-state index is 0.138. The van der Waals surface area contributed by atoms with Crippen LogP contribution in [0.5, 0.6) is 0 Å². The number of methoxy groups -OCH3 is 1. The molecule has 3 rings (SSSR count). The summed E-state index contributed by atoms with van der Waals surface area (Å²) in [5, 5.41) is 14.5. The summed E-state index contributed by atoms with van der Waals surface area (Å²) in [4.78, 5) is 27.5. The van der Waals surface area contributed by atoms with E-state index < -0.39 is 0 Å². The van der Waals surface area contributed by atoms with Gasteiger partial charge in [0.15, 0.2) is 0 Å². The van der Waals surface area contributed by atoms with Gasteiger partial charge in [-0.15, -0.1) is 0 Å². The Bertz CT molecular complexity index is 1030. The number of ether oxygens (including phenoxy) is 2. The van der Waals surface area contributed by atoms with E-state index in [4.69, 9.17) is 14.9 Å². The molecule has 8 heteroatoms. The topological polar surface area (TPSA) is 104 Å². The number of hydrogen-bond acceptors (Lipinski definition) is 6. The summed E-state index contributed by atoms with van der Waals surface area (Å²) >= 11 is 0. The molecule has 3 N–H and O–H groups in total. The highest BCUT2D eigenvalue weighted by Crippen LogP contribution is 2.27. The predicted octanol–water partition coefficient (Wildman–Crippen LogP) is 3.79. The van der Waals surface area contributed by atoms with Crippen LogP contribution in [0.15, 0.2) is 58.6 Å². The number of piperidine rings is 1. The lowest BCUT2D eigenvalue weighted by molar-refractivity contribution is -0.128. The molecule has 1 aliphatic heterocycles. The second kappa shape index (κ2) is 12.9. The molecular formula is C29H42N4O4. The van der Waals surface area contributed by atoms with Gasteiger partial charge in [-0.05, 0) is 76.7 Å². The van der Waals surface area contributed by atoms with Crippen molar-refractivity contribution in [1.82, 2.24) is 15.5 Å². The minimum atomic E-state index is -0.225. The molecule has 0 aromatic carbocycles. The molecule has 0 aromatic rings. The molecule has 2 amide bonds. The van der Waals surface area contributed by atoms with Crippen molar-refractivity contribution in [2.75, 3.05) is 39.9 Å². The Labute approximate surface area is 221 Å². The molecule has 2 aliphatic carbocycles. The van der Waals surface area contributed by atoms with Crippen LogP contribution < -0.4 is 10.6 Å². The Kier molecular flexibility index (Phi) is 9.92. The van der Waals surface area contributed by atoms with E-state index in [0.717, 1.165) is 67.8 Å². The number of carbonyl (C=O) groups is 2. The molecule has 1 heterocycles. The fraction of sp³-hybridized carbons (Fsp3) is 0.552. The number of hydrogen-bond donors (Lipinski definition) is 3. The van der Waals surface area contributed by atoms with Crippen LogP contribution in [0.3, 0.4) is 0 Å². The fourth-order valence-corrected chi connectivity index (χ4v) is 4.67. The van der Waals surface area contributed by atoms with Gasteiger partial charge in [0.25, 0.3) is 5.91 Å². The lowest BCUT2D eigenvalue weighted by Gasteiger charge is -2.33. The maximum Gasteiger partial charge on any atom is 0.251 e. The number of nitrogens with one attached hydrogen (secondary N) is 3. The van der Waals surface area contributed by atoms with Gasteiger partial charge in [-0.2, -0.15) is 0 Å². The first-order valence-electron chi connectivity index (χ1n) is 13.2. The largest absolute Gasteiger partial charge is 0.492 e. The van der Waals surface area contributed by atoms with Crippen molar-refractivity contribution >= 4 is 17.5 Å². The zero-order valence-electron chi connectivity index (χ0n) is 22.9. The fourth-order valence-electron chi connectivity index (χ4n) is 4.67. The second-order valence-corrected chi connectivity index (χ2v) is 10.8. The molecule has 1 saturated heterocycles. The Morgan fingerprint density at radius 3 is 2.51 bits per heavy atom. The van der Waals surface area contributed by atoms with Crippen molar-refractivity contribution in [1.29, 1.82) is 5.41 Å². The van der Waals surface area contributed by atoms with Gasteiger partial charge in [0, 0.05) is 62.6 Å². The third-order valence-corrected chi connectivity index (χ3v) is 6.73. The number of carbonyl (C=O) groups excluding carboxylic acids is 2. The lowest BCUT2D eigenvalue weighted by atomic mass is 9.92. The van der Waals surface area contributed by atoms with E-state index in [1.165, 1.54) is 0 Å². The molecule has 37 heavy (non-hydrogen) atoms. The maximum absolute atomic E-state index is 13.0. The molecule has 0 unspecified atom stereocenters. The highest BCUT2D eigenvalue weighted by atomic mass is 16.5. The van der Waals surface area contributed by atoms with E-state index in [0.29, 0.717) is 30.4 Å².